The van der Waals surface area contributed by atoms with E-state index in [2.05, 4.69) is 10.4 Å². The zero-order valence-corrected chi connectivity index (χ0v) is 17.8. The number of amides is 1. The first-order valence-electron chi connectivity index (χ1n) is 11.9. The quantitative estimate of drug-likeness (QED) is 0.633. The van der Waals surface area contributed by atoms with Gasteiger partial charge in [-0.25, -0.2) is 4.68 Å². The summed E-state index contributed by atoms with van der Waals surface area (Å²) in [5, 5.41) is 27.8. The van der Waals surface area contributed by atoms with Gasteiger partial charge in [0.05, 0.1) is 31.6 Å². The Morgan fingerprint density at radius 2 is 1.93 bits per heavy atom. The largest absolute Gasteiger partial charge is 0.477 e. The molecule has 7 nitrogen and oxygen atoms in total. The van der Waals surface area contributed by atoms with Gasteiger partial charge in [0, 0.05) is 6.04 Å². The highest BCUT2D eigenvalue weighted by Gasteiger charge is 2.55. The number of rotatable bonds is 7. The van der Waals surface area contributed by atoms with Crippen LogP contribution in [0.2, 0.25) is 0 Å². The summed E-state index contributed by atoms with van der Waals surface area (Å²) in [5.74, 6) is 2.21. The highest BCUT2D eigenvalue weighted by atomic mass is 16.5. The number of nitrogens with one attached hydrogen (secondary N) is 1. The number of carbonyl (C=O) groups excluding carboxylic acids is 1. The number of aliphatic hydroxyl groups excluding tert-OH is 1. The molecule has 1 heterocycles. The lowest BCUT2D eigenvalue weighted by atomic mass is 9.52. The first kappa shape index (κ1) is 20.3. The molecule has 2 atom stereocenters. The first-order chi connectivity index (χ1) is 14.5. The molecule has 6 rings (SSSR count). The Labute approximate surface area is 178 Å². The molecule has 0 saturated heterocycles. The van der Waals surface area contributed by atoms with Crippen LogP contribution in [0.3, 0.4) is 0 Å². The lowest BCUT2D eigenvalue weighted by Gasteiger charge is -2.58. The van der Waals surface area contributed by atoms with Crippen LogP contribution in [0, 0.1) is 23.7 Å². The van der Waals surface area contributed by atoms with Gasteiger partial charge in [-0.3, -0.25) is 4.79 Å². The molecule has 4 bridgehead atoms. The molecular weight excluding hydrogens is 382 g/mol. The Morgan fingerprint density at radius 1 is 1.20 bits per heavy atom. The van der Waals surface area contributed by atoms with Gasteiger partial charge in [-0.1, -0.05) is 19.3 Å². The van der Waals surface area contributed by atoms with E-state index in [4.69, 9.17) is 4.74 Å². The van der Waals surface area contributed by atoms with Gasteiger partial charge < -0.3 is 20.3 Å². The Balaban J connectivity index is 1.29. The fourth-order valence-corrected chi connectivity index (χ4v) is 6.93. The molecule has 0 aromatic carbocycles. The molecule has 3 N–H and O–H groups in total. The smallest absolute Gasteiger partial charge is 0.258 e. The number of nitrogens with zero attached hydrogens (tertiary/aromatic N) is 2. The van der Waals surface area contributed by atoms with E-state index in [1.54, 1.807) is 10.9 Å². The SMILES string of the molecule is O=C(N[C@H]1C2CC3CC1C[C@](O)(C3)C2)c1cnn(CCO)c1OCC1CCCCC1. The third-order valence-corrected chi connectivity index (χ3v) is 8.07. The zero-order valence-electron chi connectivity index (χ0n) is 17.8. The van der Waals surface area contributed by atoms with Crippen molar-refractivity contribution in [3.63, 3.8) is 0 Å². The van der Waals surface area contributed by atoms with E-state index in [9.17, 15) is 15.0 Å². The van der Waals surface area contributed by atoms with Crippen LogP contribution in [0.5, 0.6) is 5.88 Å². The molecule has 5 aliphatic carbocycles. The monoisotopic (exact) mass is 417 g/mol. The maximum atomic E-state index is 13.2. The Morgan fingerprint density at radius 3 is 2.60 bits per heavy atom. The molecule has 30 heavy (non-hydrogen) atoms. The Hall–Kier alpha value is -1.60. The highest BCUT2D eigenvalue weighted by Crippen LogP contribution is 2.55. The molecule has 5 aliphatic rings. The van der Waals surface area contributed by atoms with E-state index in [0.29, 0.717) is 48.3 Å². The normalized spacial score (nSPS) is 35.5. The van der Waals surface area contributed by atoms with Crippen LogP contribution in [-0.2, 0) is 6.54 Å². The summed E-state index contributed by atoms with van der Waals surface area (Å²) in [6.45, 7) is 0.868. The Bertz CT molecular complexity index is 756. The molecular formula is C23H35N3O4. The Kier molecular flexibility index (Phi) is 5.52. The number of hydrogen-bond donors (Lipinski definition) is 3. The van der Waals surface area contributed by atoms with Crippen LogP contribution in [-0.4, -0.2) is 50.8 Å². The van der Waals surface area contributed by atoms with Crippen molar-refractivity contribution in [1.29, 1.82) is 0 Å². The average molecular weight is 418 g/mol. The minimum absolute atomic E-state index is 0.0464. The van der Waals surface area contributed by atoms with Crippen molar-refractivity contribution in [1.82, 2.24) is 15.1 Å². The van der Waals surface area contributed by atoms with Gasteiger partial charge in [0.15, 0.2) is 0 Å². The summed E-state index contributed by atoms with van der Waals surface area (Å²) in [4.78, 5) is 13.2. The summed E-state index contributed by atoms with van der Waals surface area (Å²) < 4.78 is 7.74. The predicted octanol–water partition coefficient (Wildman–Crippen LogP) is 2.50. The van der Waals surface area contributed by atoms with E-state index in [1.807, 2.05) is 0 Å². The van der Waals surface area contributed by atoms with Crippen LogP contribution in [0.1, 0.15) is 74.6 Å². The van der Waals surface area contributed by atoms with Crippen molar-refractivity contribution < 1.29 is 19.7 Å². The number of ether oxygens (including phenoxy) is 1. The second kappa shape index (κ2) is 8.15. The summed E-state index contributed by atoms with van der Waals surface area (Å²) in [7, 11) is 0. The number of carbonyl (C=O) groups is 1. The number of aromatic nitrogens is 2. The topological polar surface area (TPSA) is 96.6 Å². The van der Waals surface area contributed by atoms with E-state index in [1.165, 1.54) is 32.1 Å². The molecule has 0 radical (unpaired) electrons. The van der Waals surface area contributed by atoms with Gasteiger partial charge in [0.1, 0.15) is 5.56 Å². The summed E-state index contributed by atoms with van der Waals surface area (Å²) in [6.07, 6.45) is 12.5. The molecule has 2 unspecified atom stereocenters. The van der Waals surface area contributed by atoms with Crippen molar-refractivity contribution in [2.24, 2.45) is 23.7 Å². The molecule has 1 aromatic rings. The predicted molar refractivity (Wildman–Crippen MR) is 111 cm³/mol. The molecule has 166 valence electrons. The summed E-state index contributed by atoms with van der Waals surface area (Å²) in [6, 6.07) is 0.127. The molecule has 0 spiro atoms. The summed E-state index contributed by atoms with van der Waals surface area (Å²) >= 11 is 0. The molecule has 0 aliphatic heterocycles. The van der Waals surface area contributed by atoms with Gasteiger partial charge in [-0.15, -0.1) is 0 Å². The standard InChI is InChI=1S/C23H35N3O4/c27-7-6-26-22(30-14-15-4-2-1-3-5-15)19(13-24-26)21(28)25-20-17-8-16-9-18(20)12-23(29,10-16)11-17/h13,15-18,20,27,29H,1-12,14H2,(H,25,28)/t16?,17?,18?,20-,23-. The van der Waals surface area contributed by atoms with Gasteiger partial charge in [-0.05, 0) is 68.6 Å². The van der Waals surface area contributed by atoms with Crippen LogP contribution >= 0.6 is 0 Å². The second-order valence-corrected chi connectivity index (χ2v) is 10.3. The molecule has 1 amide bonds. The van der Waals surface area contributed by atoms with E-state index in [0.717, 1.165) is 32.1 Å². The van der Waals surface area contributed by atoms with Gasteiger partial charge in [0.2, 0.25) is 5.88 Å². The minimum Gasteiger partial charge on any atom is -0.477 e. The average Bonchev–Trinajstić information content (AvgIpc) is 3.11. The van der Waals surface area contributed by atoms with Crippen molar-refractivity contribution in [2.45, 2.75) is 82.4 Å². The third-order valence-electron chi connectivity index (χ3n) is 8.07. The third kappa shape index (κ3) is 3.86. The lowest BCUT2D eigenvalue weighted by molar-refractivity contribution is -0.136. The molecule has 7 heteroatoms. The van der Waals surface area contributed by atoms with Crippen LogP contribution in [0.25, 0.3) is 0 Å². The first-order valence-corrected chi connectivity index (χ1v) is 11.9. The van der Waals surface area contributed by atoms with E-state index in [-0.39, 0.29) is 18.6 Å². The molecule has 1 aromatic heterocycles. The minimum atomic E-state index is -0.502. The fraction of sp³-hybridized carbons (Fsp3) is 0.826. The van der Waals surface area contributed by atoms with Gasteiger partial charge in [0.25, 0.3) is 5.91 Å². The lowest BCUT2D eigenvalue weighted by Crippen LogP contribution is -2.61. The van der Waals surface area contributed by atoms with E-state index < -0.39 is 5.60 Å². The van der Waals surface area contributed by atoms with Crippen molar-refractivity contribution >= 4 is 5.91 Å². The van der Waals surface area contributed by atoms with Crippen LogP contribution in [0.15, 0.2) is 6.20 Å². The van der Waals surface area contributed by atoms with Crippen LogP contribution in [0.4, 0.5) is 0 Å². The van der Waals surface area contributed by atoms with Gasteiger partial charge >= 0.3 is 0 Å². The molecule has 5 fully saturated rings. The zero-order chi connectivity index (χ0) is 20.7. The molecule has 5 saturated carbocycles. The van der Waals surface area contributed by atoms with Crippen molar-refractivity contribution in [3.05, 3.63) is 11.8 Å². The maximum Gasteiger partial charge on any atom is 0.258 e. The fourth-order valence-electron chi connectivity index (χ4n) is 6.93. The van der Waals surface area contributed by atoms with Crippen molar-refractivity contribution in [3.8, 4) is 5.88 Å². The van der Waals surface area contributed by atoms with Gasteiger partial charge in [-0.2, -0.15) is 5.10 Å². The maximum absolute atomic E-state index is 13.2. The number of aliphatic hydroxyl groups is 2. The van der Waals surface area contributed by atoms with Crippen molar-refractivity contribution in [2.75, 3.05) is 13.2 Å². The second-order valence-electron chi connectivity index (χ2n) is 10.3. The summed E-state index contributed by atoms with van der Waals surface area (Å²) in [5.41, 5.74) is -0.0374. The highest BCUT2D eigenvalue weighted by molar-refractivity contribution is 5.96. The number of hydrogen-bond acceptors (Lipinski definition) is 5. The van der Waals surface area contributed by atoms with Crippen LogP contribution < -0.4 is 10.1 Å². The van der Waals surface area contributed by atoms with E-state index >= 15 is 0 Å².